The lowest BCUT2D eigenvalue weighted by Crippen LogP contribution is -2.07. The molecule has 0 aliphatic carbocycles. The van der Waals surface area contributed by atoms with E-state index in [1.54, 1.807) is 31.2 Å². The van der Waals surface area contributed by atoms with E-state index in [0.717, 1.165) is 16.5 Å². The zero-order valence-electron chi connectivity index (χ0n) is 12.3. The maximum Gasteiger partial charge on any atom is 0.356 e. The molecule has 1 heterocycles. The summed E-state index contributed by atoms with van der Waals surface area (Å²) in [5.41, 5.74) is 2.59. The summed E-state index contributed by atoms with van der Waals surface area (Å²) in [6.45, 7) is 2.05. The molecule has 0 spiro atoms. The number of benzene rings is 2. The molecule has 0 radical (unpaired) electrons. The van der Waals surface area contributed by atoms with Crippen LogP contribution in [0.25, 0.3) is 22.0 Å². The lowest BCUT2D eigenvalue weighted by atomic mass is 10.00. The zero-order valence-corrected chi connectivity index (χ0v) is 13.9. The summed E-state index contributed by atoms with van der Waals surface area (Å²) < 4.78 is 5.06. The standard InChI is InChI=1S/C18H13Cl2NO2/c1-2-23-18(22)16-10-14(11-6-8-12(19)9-7-11)13-4-3-5-15(20)17(13)21-16/h3-10H,2H2,1H3. The quantitative estimate of drug-likeness (QED) is 0.597. The van der Waals surface area contributed by atoms with E-state index in [4.69, 9.17) is 27.9 Å². The highest BCUT2D eigenvalue weighted by atomic mass is 35.5. The van der Waals surface area contributed by atoms with Gasteiger partial charge < -0.3 is 4.74 Å². The lowest BCUT2D eigenvalue weighted by molar-refractivity contribution is 0.0520. The van der Waals surface area contributed by atoms with E-state index in [9.17, 15) is 4.79 Å². The number of ether oxygens (including phenoxy) is 1. The van der Waals surface area contributed by atoms with Crippen molar-refractivity contribution in [2.24, 2.45) is 0 Å². The monoisotopic (exact) mass is 345 g/mol. The molecule has 23 heavy (non-hydrogen) atoms. The van der Waals surface area contributed by atoms with Gasteiger partial charge in [-0.25, -0.2) is 9.78 Å². The Labute approximate surface area is 143 Å². The highest BCUT2D eigenvalue weighted by Crippen LogP contribution is 2.32. The van der Waals surface area contributed by atoms with Gasteiger partial charge >= 0.3 is 5.97 Å². The number of esters is 1. The van der Waals surface area contributed by atoms with Crippen molar-refractivity contribution >= 4 is 40.1 Å². The smallest absolute Gasteiger partial charge is 0.356 e. The summed E-state index contributed by atoms with van der Waals surface area (Å²) in [4.78, 5) is 16.5. The summed E-state index contributed by atoms with van der Waals surface area (Å²) in [7, 11) is 0. The molecule has 116 valence electrons. The van der Waals surface area contributed by atoms with Crippen LogP contribution in [0.5, 0.6) is 0 Å². The summed E-state index contributed by atoms with van der Waals surface area (Å²) >= 11 is 12.2. The largest absolute Gasteiger partial charge is 0.461 e. The molecule has 3 rings (SSSR count). The number of para-hydroxylation sites is 1. The van der Waals surface area contributed by atoms with Crippen molar-refractivity contribution in [1.82, 2.24) is 4.98 Å². The van der Waals surface area contributed by atoms with Gasteiger partial charge in [0.15, 0.2) is 0 Å². The van der Waals surface area contributed by atoms with Crippen LogP contribution in [-0.2, 0) is 4.74 Å². The molecule has 0 aliphatic heterocycles. The van der Waals surface area contributed by atoms with Gasteiger partial charge in [-0.2, -0.15) is 0 Å². The Hall–Kier alpha value is -2.10. The Morgan fingerprint density at radius 2 is 1.87 bits per heavy atom. The molecule has 0 unspecified atom stereocenters. The molecule has 0 amide bonds. The van der Waals surface area contributed by atoms with E-state index in [2.05, 4.69) is 4.98 Å². The Morgan fingerprint density at radius 3 is 2.57 bits per heavy atom. The molecule has 0 bridgehead atoms. The number of fused-ring (bicyclic) bond motifs is 1. The Morgan fingerprint density at radius 1 is 1.13 bits per heavy atom. The fourth-order valence-electron chi connectivity index (χ4n) is 2.39. The third-order valence-electron chi connectivity index (χ3n) is 3.43. The summed E-state index contributed by atoms with van der Waals surface area (Å²) in [5.74, 6) is -0.468. The van der Waals surface area contributed by atoms with Gasteiger partial charge in [-0.1, -0.05) is 47.5 Å². The predicted octanol–water partition coefficient (Wildman–Crippen LogP) is 5.39. The van der Waals surface area contributed by atoms with Crippen molar-refractivity contribution in [3.63, 3.8) is 0 Å². The molecule has 0 atom stereocenters. The third-order valence-corrected chi connectivity index (χ3v) is 3.99. The van der Waals surface area contributed by atoms with Crippen LogP contribution in [0.3, 0.4) is 0 Å². The highest BCUT2D eigenvalue weighted by molar-refractivity contribution is 6.35. The van der Waals surface area contributed by atoms with Gasteiger partial charge in [0, 0.05) is 10.4 Å². The molecule has 1 aromatic heterocycles. The van der Waals surface area contributed by atoms with Crippen LogP contribution in [0.15, 0.2) is 48.5 Å². The molecular formula is C18H13Cl2NO2. The van der Waals surface area contributed by atoms with E-state index >= 15 is 0 Å². The minimum Gasteiger partial charge on any atom is -0.461 e. The van der Waals surface area contributed by atoms with E-state index < -0.39 is 5.97 Å². The van der Waals surface area contributed by atoms with Crippen molar-refractivity contribution in [2.75, 3.05) is 6.61 Å². The lowest BCUT2D eigenvalue weighted by Gasteiger charge is -2.10. The van der Waals surface area contributed by atoms with Gasteiger partial charge in [0.2, 0.25) is 0 Å². The minimum absolute atomic E-state index is 0.234. The Kier molecular flexibility index (Phi) is 4.51. The molecule has 3 nitrogen and oxygen atoms in total. The number of hydrogen-bond donors (Lipinski definition) is 0. The zero-order chi connectivity index (χ0) is 16.4. The molecule has 0 saturated carbocycles. The second-order valence-electron chi connectivity index (χ2n) is 4.92. The van der Waals surface area contributed by atoms with Crippen molar-refractivity contribution in [3.8, 4) is 11.1 Å². The first-order valence-electron chi connectivity index (χ1n) is 7.12. The molecule has 3 aromatic rings. The maximum absolute atomic E-state index is 12.1. The molecule has 5 heteroatoms. The van der Waals surface area contributed by atoms with Crippen LogP contribution in [0.2, 0.25) is 10.0 Å². The van der Waals surface area contributed by atoms with E-state index in [-0.39, 0.29) is 12.3 Å². The number of halogens is 2. The number of rotatable bonds is 3. The fraction of sp³-hybridized carbons (Fsp3) is 0.111. The van der Waals surface area contributed by atoms with Crippen molar-refractivity contribution in [2.45, 2.75) is 6.92 Å². The second-order valence-corrected chi connectivity index (χ2v) is 5.76. The van der Waals surface area contributed by atoms with Crippen LogP contribution in [0.4, 0.5) is 0 Å². The SMILES string of the molecule is CCOC(=O)c1cc(-c2ccc(Cl)cc2)c2cccc(Cl)c2n1. The normalized spacial score (nSPS) is 10.7. The van der Waals surface area contributed by atoms with Gasteiger partial charge in [-0.15, -0.1) is 0 Å². The van der Waals surface area contributed by atoms with Crippen LogP contribution in [-0.4, -0.2) is 17.6 Å². The molecule has 0 saturated heterocycles. The van der Waals surface area contributed by atoms with Crippen LogP contribution < -0.4 is 0 Å². The third kappa shape index (κ3) is 3.16. The maximum atomic E-state index is 12.1. The van der Waals surface area contributed by atoms with Gasteiger partial charge in [0.05, 0.1) is 17.1 Å². The number of hydrogen-bond acceptors (Lipinski definition) is 3. The minimum atomic E-state index is -0.468. The van der Waals surface area contributed by atoms with Gasteiger partial charge in [0.25, 0.3) is 0 Å². The van der Waals surface area contributed by atoms with E-state index in [1.165, 1.54) is 0 Å². The van der Waals surface area contributed by atoms with Crippen LogP contribution >= 0.6 is 23.2 Å². The number of carbonyl (C=O) groups is 1. The topological polar surface area (TPSA) is 39.2 Å². The first kappa shape index (κ1) is 15.8. The molecule has 0 fully saturated rings. The van der Waals surface area contributed by atoms with Crippen molar-refractivity contribution in [1.29, 1.82) is 0 Å². The van der Waals surface area contributed by atoms with Gasteiger partial charge in [-0.3, -0.25) is 0 Å². The van der Waals surface area contributed by atoms with Crippen molar-refractivity contribution < 1.29 is 9.53 Å². The average molecular weight is 346 g/mol. The van der Waals surface area contributed by atoms with Crippen LogP contribution in [0.1, 0.15) is 17.4 Å². The average Bonchev–Trinajstić information content (AvgIpc) is 2.55. The number of carbonyl (C=O) groups excluding carboxylic acids is 1. The molecule has 0 N–H and O–H groups in total. The number of pyridine rings is 1. The highest BCUT2D eigenvalue weighted by Gasteiger charge is 2.15. The van der Waals surface area contributed by atoms with Gasteiger partial charge in [0.1, 0.15) is 5.69 Å². The summed E-state index contributed by atoms with van der Waals surface area (Å²) in [6.07, 6.45) is 0. The summed E-state index contributed by atoms with van der Waals surface area (Å²) in [6, 6.07) is 14.6. The predicted molar refractivity (Wildman–Crippen MR) is 93.2 cm³/mol. The molecule has 2 aromatic carbocycles. The second kappa shape index (κ2) is 6.57. The van der Waals surface area contributed by atoms with Crippen LogP contribution in [0, 0.1) is 0 Å². The Balaban J connectivity index is 2.27. The van der Waals surface area contributed by atoms with Gasteiger partial charge in [-0.05, 0) is 42.3 Å². The summed E-state index contributed by atoms with van der Waals surface area (Å²) in [5, 5.41) is 2.01. The first-order valence-corrected chi connectivity index (χ1v) is 7.88. The van der Waals surface area contributed by atoms with E-state index in [0.29, 0.717) is 15.6 Å². The fourth-order valence-corrected chi connectivity index (χ4v) is 2.73. The number of aromatic nitrogens is 1. The molecular weight excluding hydrogens is 333 g/mol. The Bertz CT molecular complexity index is 876. The first-order chi connectivity index (χ1) is 11.1. The van der Waals surface area contributed by atoms with Crippen molar-refractivity contribution in [3.05, 3.63) is 64.3 Å². The van der Waals surface area contributed by atoms with E-state index in [1.807, 2.05) is 24.3 Å². The molecule has 0 aliphatic rings. The number of nitrogens with zero attached hydrogens (tertiary/aromatic N) is 1.